The van der Waals surface area contributed by atoms with Crippen LogP contribution in [0.3, 0.4) is 0 Å². The maximum absolute atomic E-state index is 11.8. The van der Waals surface area contributed by atoms with E-state index in [0.29, 0.717) is 13.0 Å². The number of hydrogen-bond donors (Lipinski definition) is 0. The molecule has 0 N–H and O–H groups in total. The number of pyridine rings is 1. The van der Waals surface area contributed by atoms with Crippen LogP contribution < -0.4 is 0 Å². The molecule has 1 heterocycles. The van der Waals surface area contributed by atoms with Crippen LogP contribution in [0.4, 0.5) is 0 Å². The monoisotopic (exact) mass is 204 g/mol. The van der Waals surface area contributed by atoms with Gasteiger partial charge in [-0.3, -0.25) is 9.78 Å². The molecule has 0 atom stereocenters. The van der Waals surface area contributed by atoms with E-state index in [0.717, 1.165) is 12.1 Å². The molecule has 1 aromatic rings. The highest BCUT2D eigenvalue weighted by Gasteiger charge is 2.09. The Morgan fingerprint density at radius 3 is 2.73 bits per heavy atom. The van der Waals surface area contributed by atoms with Crippen LogP contribution in [0, 0.1) is 0 Å². The van der Waals surface area contributed by atoms with E-state index < -0.39 is 0 Å². The molecule has 0 aliphatic heterocycles. The minimum absolute atomic E-state index is 0.128. The second-order valence-electron chi connectivity index (χ2n) is 3.25. The van der Waals surface area contributed by atoms with E-state index in [4.69, 9.17) is 0 Å². The largest absolute Gasteiger partial charge is 0.339 e. The third kappa shape index (κ3) is 3.54. The summed E-state index contributed by atoms with van der Waals surface area (Å²) in [5.41, 5.74) is 0.998. The van der Waals surface area contributed by atoms with Crippen molar-refractivity contribution in [2.24, 2.45) is 0 Å². The third-order valence-electron chi connectivity index (χ3n) is 2.19. The van der Waals surface area contributed by atoms with E-state index >= 15 is 0 Å². The van der Waals surface area contributed by atoms with Gasteiger partial charge in [0.1, 0.15) is 0 Å². The molecule has 0 saturated carbocycles. The molecule has 3 nitrogen and oxygen atoms in total. The minimum Gasteiger partial charge on any atom is -0.339 e. The quantitative estimate of drug-likeness (QED) is 0.683. The van der Waals surface area contributed by atoms with Gasteiger partial charge in [-0.05, 0) is 24.6 Å². The Hall–Kier alpha value is -1.64. The maximum Gasteiger partial charge on any atom is 0.227 e. The van der Waals surface area contributed by atoms with Crippen molar-refractivity contribution in [2.75, 3.05) is 13.1 Å². The number of carbonyl (C=O) groups excluding carboxylic acids is 1. The first-order chi connectivity index (χ1) is 7.27. The molecule has 3 heteroatoms. The first-order valence-electron chi connectivity index (χ1n) is 5.05. The average molecular weight is 204 g/mol. The molecule has 0 bridgehead atoms. The predicted octanol–water partition coefficient (Wildman–Crippen LogP) is 1.66. The number of hydrogen-bond acceptors (Lipinski definition) is 2. The topological polar surface area (TPSA) is 33.2 Å². The second kappa shape index (κ2) is 5.96. The van der Waals surface area contributed by atoms with Gasteiger partial charge in [-0.25, -0.2) is 0 Å². The zero-order valence-corrected chi connectivity index (χ0v) is 9.02. The Kier molecular flexibility index (Phi) is 4.54. The summed E-state index contributed by atoms with van der Waals surface area (Å²) in [5, 5.41) is 0. The fourth-order valence-corrected chi connectivity index (χ4v) is 1.35. The maximum atomic E-state index is 11.8. The van der Waals surface area contributed by atoms with Gasteiger partial charge in [0.05, 0.1) is 6.42 Å². The smallest absolute Gasteiger partial charge is 0.227 e. The number of amides is 1. The Morgan fingerprint density at radius 1 is 1.53 bits per heavy atom. The molecule has 0 spiro atoms. The van der Waals surface area contributed by atoms with Gasteiger partial charge < -0.3 is 4.90 Å². The van der Waals surface area contributed by atoms with E-state index in [-0.39, 0.29) is 5.91 Å². The van der Waals surface area contributed by atoms with Gasteiger partial charge in [-0.15, -0.1) is 6.58 Å². The van der Waals surface area contributed by atoms with Crippen molar-refractivity contribution in [3.8, 4) is 0 Å². The lowest BCUT2D eigenvalue weighted by atomic mass is 10.2. The lowest BCUT2D eigenvalue weighted by Gasteiger charge is -2.18. The molecule has 0 saturated heterocycles. The van der Waals surface area contributed by atoms with Crippen LogP contribution in [0.1, 0.15) is 12.5 Å². The summed E-state index contributed by atoms with van der Waals surface area (Å²) in [4.78, 5) is 17.5. The normalized spacial score (nSPS) is 9.67. The Bertz CT molecular complexity index is 322. The summed E-state index contributed by atoms with van der Waals surface area (Å²) in [6.45, 7) is 6.93. The van der Waals surface area contributed by atoms with Crippen LogP contribution in [0.5, 0.6) is 0 Å². The van der Waals surface area contributed by atoms with Crippen molar-refractivity contribution in [2.45, 2.75) is 13.3 Å². The molecule has 80 valence electrons. The van der Waals surface area contributed by atoms with E-state index in [9.17, 15) is 4.79 Å². The number of aromatic nitrogens is 1. The van der Waals surface area contributed by atoms with Crippen molar-refractivity contribution in [3.05, 3.63) is 42.7 Å². The lowest BCUT2D eigenvalue weighted by Crippen LogP contribution is -2.32. The molecule has 0 unspecified atom stereocenters. The molecule has 0 aliphatic rings. The highest BCUT2D eigenvalue weighted by atomic mass is 16.2. The van der Waals surface area contributed by atoms with Gasteiger partial charge in [0.25, 0.3) is 0 Å². The van der Waals surface area contributed by atoms with Crippen molar-refractivity contribution in [1.29, 1.82) is 0 Å². The highest BCUT2D eigenvalue weighted by Crippen LogP contribution is 2.01. The molecule has 1 aromatic heterocycles. The zero-order chi connectivity index (χ0) is 11.1. The summed E-state index contributed by atoms with van der Waals surface area (Å²) in [6, 6.07) is 3.72. The molecule has 1 rings (SSSR count). The van der Waals surface area contributed by atoms with Crippen LogP contribution >= 0.6 is 0 Å². The summed E-state index contributed by atoms with van der Waals surface area (Å²) < 4.78 is 0. The summed E-state index contributed by atoms with van der Waals surface area (Å²) >= 11 is 0. The summed E-state index contributed by atoms with van der Waals surface area (Å²) in [5.74, 6) is 0.128. The third-order valence-corrected chi connectivity index (χ3v) is 2.19. The number of nitrogens with zero attached hydrogens (tertiary/aromatic N) is 2. The average Bonchev–Trinajstić information content (AvgIpc) is 2.27. The van der Waals surface area contributed by atoms with Crippen LogP contribution in [0.2, 0.25) is 0 Å². The molecule has 0 aliphatic carbocycles. The predicted molar refractivity (Wildman–Crippen MR) is 60.4 cm³/mol. The zero-order valence-electron chi connectivity index (χ0n) is 9.02. The molecular weight excluding hydrogens is 188 g/mol. The van der Waals surface area contributed by atoms with Gasteiger partial charge in [0.15, 0.2) is 0 Å². The Morgan fingerprint density at radius 2 is 2.20 bits per heavy atom. The second-order valence-corrected chi connectivity index (χ2v) is 3.25. The van der Waals surface area contributed by atoms with Gasteiger partial charge in [0, 0.05) is 25.5 Å². The number of rotatable bonds is 5. The van der Waals surface area contributed by atoms with Crippen LogP contribution in [-0.4, -0.2) is 28.9 Å². The molecular formula is C12H16N2O. The van der Waals surface area contributed by atoms with Crippen LogP contribution in [0.25, 0.3) is 0 Å². The first-order valence-corrected chi connectivity index (χ1v) is 5.05. The molecule has 0 aromatic carbocycles. The van der Waals surface area contributed by atoms with E-state index in [1.807, 2.05) is 19.1 Å². The summed E-state index contributed by atoms with van der Waals surface area (Å²) in [7, 11) is 0. The van der Waals surface area contributed by atoms with E-state index in [1.165, 1.54) is 0 Å². The molecule has 15 heavy (non-hydrogen) atoms. The molecule has 0 fully saturated rings. The van der Waals surface area contributed by atoms with Crippen molar-refractivity contribution < 1.29 is 4.79 Å². The number of likely N-dealkylation sites (N-methyl/N-ethyl adjacent to an activating group) is 1. The molecule has 0 radical (unpaired) electrons. The fraction of sp³-hybridized carbons (Fsp3) is 0.333. The number of carbonyl (C=O) groups is 1. The van der Waals surface area contributed by atoms with Crippen molar-refractivity contribution >= 4 is 5.91 Å². The Labute approximate surface area is 90.4 Å². The van der Waals surface area contributed by atoms with E-state index in [1.54, 1.807) is 23.4 Å². The van der Waals surface area contributed by atoms with Gasteiger partial charge in [-0.2, -0.15) is 0 Å². The molecule has 1 amide bonds. The standard InChI is InChI=1S/C12H16N2O/c1-3-9-14(4-2)12(15)10-11-5-7-13-8-6-11/h3,5-8H,1,4,9-10H2,2H3. The van der Waals surface area contributed by atoms with Gasteiger partial charge >= 0.3 is 0 Å². The fourth-order valence-electron chi connectivity index (χ4n) is 1.35. The van der Waals surface area contributed by atoms with Crippen molar-refractivity contribution in [1.82, 2.24) is 9.88 Å². The van der Waals surface area contributed by atoms with Gasteiger partial charge in [-0.1, -0.05) is 6.08 Å². The van der Waals surface area contributed by atoms with Crippen LogP contribution in [0.15, 0.2) is 37.2 Å². The Balaban J connectivity index is 2.58. The summed E-state index contributed by atoms with van der Waals surface area (Å²) in [6.07, 6.45) is 5.58. The minimum atomic E-state index is 0.128. The SMILES string of the molecule is C=CCN(CC)C(=O)Cc1ccncc1. The van der Waals surface area contributed by atoms with Crippen molar-refractivity contribution in [3.63, 3.8) is 0 Å². The van der Waals surface area contributed by atoms with Gasteiger partial charge in [0.2, 0.25) is 5.91 Å². The lowest BCUT2D eigenvalue weighted by molar-refractivity contribution is -0.129. The highest BCUT2D eigenvalue weighted by molar-refractivity contribution is 5.78. The van der Waals surface area contributed by atoms with Crippen LogP contribution in [-0.2, 0) is 11.2 Å². The first kappa shape index (κ1) is 11.4. The van der Waals surface area contributed by atoms with E-state index in [2.05, 4.69) is 11.6 Å².